The lowest BCUT2D eigenvalue weighted by molar-refractivity contribution is -0.384. The fourth-order valence-electron chi connectivity index (χ4n) is 3.47. The number of aromatic nitrogens is 7. The second-order valence-electron chi connectivity index (χ2n) is 6.47. The van der Waals surface area contributed by atoms with Crippen LogP contribution in [0.5, 0.6) is 0 Å². The van der Waals surface area contributed by atoms with Crippen LogP contribution in [0.2, 0.25) is 0 Å². The molecule has 140 valence electrons. The van der Waals surface area contributed by atoms with E-state index in [1.807, 2.05) is 0 Å². The summed E-state index contributed by atoms with van der Waals surface area (Å²) in [6.45, 7) is 0.293. The van der Waals surface area contributed by atoms with Gasteiger partial charge < -0.3 is 4.57 Å². The maximum Gasteiger partial charge on any atom is 0.332 e. The van der Waals surface area contributed by atoms with Crippen molar-refractivity contribution in [1.29, 1.82) is 0 Å². The summed E-state index contributed by atoms with van der Waals surface area (Å²) in [5.41, 5.74) is 1.44. The van der Waals surface area contributed by atoms with E-state index in [4.69, 9.17) is 0 Å². The van der Waals surface area contributed by atoms with Crippen LogP contribution in [0.3, 0.4) is 0 Å². The lowest BCUT2D eigenvalue weighted by Crippen LogP contribution is -2.37. The fraction of sp³-hybridized carbons (Fsp3) is 0.188. The molecule has 5 rings (SSSR count). The molecule has 0 saturated carbocycles. The Balaban J connectivity index is 1.76. The van der Waals surface area contributed by atoms with E-state index in [-0.39, 0.29) is 11.3 Å². The molecule has 12 nitrogen and oxygen atoms in total. The summed E-state index contributed by atoms with van der Waals surface area (Å²) in [4.78, 5) is 39.7. The summed E-state index contributed by atoms with van der Waals surface area (Å²) in [5, 5.41) is 19.1. The first-order valence-corrected chi connectivity index (χ1v) is 8.24. The van der Waals surface area contributed by atoms with Crippen molar-refractivity contribution in [2.75, 3.05) is 0 Å². The molecule has 28 heavy (non-hydrogen) atoms. The number of aryl methyl sites for hydroxylation is 1. The van der Waals surface area contributed by atoms with Gasteiger partial charge in [0, 0.05) is 26.2 Å². The molecule has 1 aromatic carbocycles. The maximum absolute atomic E-state index is 12.6. The van der Waals surface area contributed by atoms with Gasteiger partial charge in [0.2, 0.25) is 0 Å². The van der Waals surface area contributed by atoms with Gasteiger partial charge in [0.15, 0.2) is 17.0 Å². The van der Waals surface area contributed by atoms with Crippen molar-refractivity contribution in [2.24, 2.45) is 14.1 Å². The minimum Gasteiger partial charge on any atom is -0.310 e. The number of fused-ring (bicyclic) bond motifs is 5. The highest BCUT2D eigenvalue weighted by molar-refractivity contribution is 5.79. The Labute approximate surface area is 155 Å². The van der Waals surface area contributed by atoms with E-state index in [1.165, 1.54) is 28.4 Å². The maximum atomic E-state index is 12.6. The molecule has 1 aliphatic heterocycles. The van der Waals surface area contributed by atoms with Crippen LogP contribution >= 0.6 is 0 Å². The molecule has 0 saturated heterocycles. The van der Waals surface area contributed by atoms with E-state index < -0.39 is 16.2 Å². The molecule has 0 amide bonds. The minimum atomic E-state index is -0.481. The average molecular weight is 380 g/mol. The van der Waals surface area contributed by atoms with Crippen molar-refractivity contribution >= 4 is 16.9 Å². The SMILES string of the molecule is Cn1c(=O)c2c(nc3n2Cc2nnn(-c4ccc([N+](=O)[O-])cc4)c2-3)n(C)c1=O. The molecule has 4 heterocycles. The highest BCUT2D eigenvalue weighted by atomic mass is 16.6. The normalized spacial score (nSPS) is 12.4. The number of nitrogens with zero attached hydrogens (tertiary/aromatic N) is 8. The van der Waals surface area contributed by atoms with Gasteiger partial charge in [0.05, 0.1) is 17.2 Å². The highest BCUT2D eigenvalue weighted by Crippen LogP contribution is 2.33. The van der Waals surface area contributed by atoms with Crippen LogP contribution in [-0.2, 0) is 20.6 Å². The van der Waals surface area contributed by atoms with Gasteiger partial charge >= 0.3 is 5.69 Å². The molecule has 4 aromatic rings. The van der Waals surface area contributed by atoms with Gasteiger partial charge in [0.1, 0.15) is 11.4 Å². The van der Waals surface area contributed by atoms with Crippen LogP contribution in [0.15, 0.2) is 33.9 Å². The number of non-ortho nitro benzene ring substituents is 1. The van der Waals surface area contributed by atoms with Crippen molar-refractivity contribution in [3.63, 3.8) is 0 Å². The molecule has 0 spiro atoms. The summed E-state index contributed by atoms with van der Waals surface area (Å²) in [5.74, 6) is 0.464. The number of imidazole rings is 1. The Bertz CT molecular complexity index is 1420. The van der Waals surface area contributed by atoms with Crippen LogP contribution in [0, 0.1) is 10.1 Å². The van der Waals surface area contributed by atoms with Gasteiger partial charge in [-0.15, -0.1) is 5.10 Å². The summed E-state index contributed by atoms with van der Waals surface area (Å²) >= 11 is 0. The Morgan fingerprint density at radius 1 is 1.11 bits per heavy atom. The minimum absolute atomic E-state index is 0.0359. The summed E-state index contributed by atoms with van der Waals surface area (Å²) in [6, 6.07) is 5.88. The van der Waals surface area contributed by atoms with Crippen molar-refractivity contribution in [3.05, 3.63) is 60.9 Å². The molecule has 0 unspecified atom stereocenters. The van der Waals surface area contributed by atoms with Crippen LogP contribution in [0.4, 0.5) is 5.69 Å². The zero-order valence-corrected chi connectivity index (χ0v) is 14.7. The van der Waals surface area contributed by atoms with E-state index in [2.05, 4.69) is 15.3 Å². The average Bonchev–Trinajstić information content (AvgIpc) is 3.34. The van der Waals surface area contributed by atoms with Crippen molar-refractivity contribution in [3.8, 4) is 17.2 Å². The number of hydrogen-bond donors (Lipinski definition) is 0. The quantitative estimate of drug-likeness (QED) is 0.309. The zero-order chi connectivity index (χ0) is 19.7. The van der Waals surface area contributed by atoms with Crippen LogP contribution in [-0.4, -0.2) is 38.6 Å². The Kier molecular flexibility index (Phi) is 3.00. The van der Waals surface area contributed by atoms with Gasteiger partial charge in [-0.1, -0.05) is 5.21 Å². The number of hydrogen-bond acceptors (Lipinski definition) is 7. The van der Waals surface area contributed by atoms with Gasteiger partial charge in [-0.25, -0.2) is 14.5 Å². The third-order valence-electron chi connectivity index (χ3n) is 4.91. The molecule has 0 bridgehead atoms. The smallest absolute Gasteiger partial charge is 0.310 e. The van der Waals surface area contributed by atoms with Gasteiger partial charge in [-0.05, 0) is 12.1 Å². The van der Waals surface area contributed by atoms with E-state index in [9.17, 15) is 19.7 Å². The Morgan fingerprint density at radius 2 is 1.82 bits per heavy atom. The molecule has 1 aliphatic rings. The summed E-state index contributed by atoms with van der Waals surface area (Å²) in [7, 11) is 2.97. The van der Waals surface area contributed by atoms with Gasteiger partial charge in [0.25, 0.3) is 11.2 Å². The molecule has 0 N–H and O–H groups in total. The van der Waals surface area contributed by atoms with Crippen LogP contribution < -0.4 is 11.2 Å². The van der Waals surface area contributed by atoms with Gasteiger partial charge in [-0.2, -0.15) is 0 Å². The second kappa shape index (κ2) is 5.22. The van der Waals surface area contributed by atoms with Crippen LogP contribution in [0.1, 0.15) is 5.69 Å². The summed E-state index contributed by atoms with van der Waals surface area (Å²) < 4.78 is 5.59. The van der Waals surface area contributed by atoms with Crippen LogP contribution in [0.25, 0.3) is 28.4 Å². The van der Waals surface area contributed by atoms with E-state index >= 15 is 0 Å². The molecular formula is C16H12N8O4. The largest absolute Gasteiger partial charge is 0.332 e. The standard InChI is InChI=1S/C16H12N8O4/c1-20-13-12(15(25)21(2)16(20)26)22-7-10-11(14(22)17-13)23(19-18-10)8-3-5-9(6-4-8)24(27)28/h3-6H,7H2,1-2H3. The number of nitro benzene ring substituents is 1. The van der Waals surface area contributed by atoms with Crippen molar-refractivity contribution < 1.29 is 4.92 Å². The predicted molar refractivity (Wildman–Crippen MR) is 96.3 cm³/mol. The molecular weight excluding hydrogens is 368 g/mol. The fourth-order valence-corrected chi connectivity index (χ4v) is 3.47. The van der Waals surface area contributed by atoms with E-state index in [1.54, 1.807) is 23.7 Å². The molecule has 12 heteroatoms. The highest BCUT2D eigenvalue weighted by Gasteiger charge is 2.32. The lowest BCUT2D eigenvalue weighted by Gasteiger charge is -2.04. The second-order valence-corrected chi connectivity index (χ2v) is 6.47. The van der Waals surface area contributed by atoms with E-state index in [0.29, 0.717) is 35.0 Å². The number of rotatable bonds is 2. The molecule has 0 radical (unpaired) electrons. The molecule has 3 aromatic heterocycles. The first kappa shape index (κ1) is 16.1. The zero-order valence-electron chi connectivity index (χ0n) is 14.7. The van der Waals surface area contributed by atoms with Crippen molar-refractivity contribution in [2.45, 2.75) is 6.54 Å². The third kappa shape index (κ3) is 1.91. The Morgan fingerprint density at radius 3 is 2.50 bits per heavy atom. The molecule has 0 atom stereocenters. The molecule has 0 aliphatic carbocycles. The van der Waals surface area contributed by atoms with E-state index in [0.717, 1.165) is 4.57 Å². The monoisotopic (exact) mass is 380 g/mol. The third-order valence-corrected chi connectivity index (χ3v) is 4.91. The molecule has 0 fully saturated rings. The lowest BCUT2D eigenvalue weighted by atomic mass is 10.2. The topological polar surface area (TPSA) is 136 Å². The van der Waals surface area contributed by atoms with Gasteiger partial charge in [-0.3, -0.25) is 24.0 Å². The Hall–Kier alpha value is -4.09. The van der Waals surface area contributed by atoms with Crippen molar-refractivity contribution in [1.82, 2.24) is 33.7 Å². The summed E-state index contributed by atoms with van der Waals surface area (Å²) in [6.07, 6.45) is 0. The first-order chi connectivity index (χ1) is 13.4. The predicted octanol–water partition coefficient (Wildman–Crippen LogP) is -0.0487. The first-order valence-electron chi connectivity index (χ1n) is 8.24. The number of benzene rings is 1. The number of nitro groups is 1.